The lowest BCUT2D eigenvalue weighted by atomic mass is 9.90. The van der Waals surface area contributed by atoms with Gasteiger partial charge < -0.3 is 10.4 Å². The molecule has 114 valence electrons. The molecule has 2 atom stereocenters. The summed E-state index contributed by atoms with van der Waals surface area (Å²) >= 11 is 3.44. The van der Waals surface area contributed by atoms with Gasteiger partial charge in [0.05, 0.1) is 5.41 Å². The van der Waals surface area contributed by atoms with E-state index in [1.54, 1.807) is 13.8 Å². The number of benzene rings is 1. The Bertz CT molecular complexity index is 556. The topological polar surface area (TPSA) is 66.4 Å². The van der Waals surface area contributed by atoms with Crippen molar-refractivity contribution in [2.24, 2.45) is 11.3 Å². The maximum Gasteiger partial charge on any atom is 0.309 e. The maximum absolute atomic E-state index is 12.1. The van der Waals surface area contributed by atoms with Crippen LogP contribution in [-0.2, 0) is 9.59 Å². The molecule has 2 N–H and O–H groups in total. The second-order valence-corrected chi connectivity index (χ2v) is 7.15. The average Bonchev–Trinajstić information content (AvgIpc) is 3.18. The zero-order valence-electron chi connectivity index (χ0n) is 12.2. The van der Waals surface area contributed by atoms with E-state index >= 15 is 0 Å². The van der Waals surface area contributed by atoms with Gasteiger partial charge in [-0.2, -0.15) is 0 Å². The quantitative estimate of drug-likeness (QED) is 0.825. The summed E-state index contributed by atoms with van der Waals surface area (Å²) < 4.78 is 1.02. The minimum atomic E-state index is -0.838. The molecule has 0 bridgehead atoms. The van der Waals surface area contributed by atoms with Crippen LogP contribution < -0.4 is 5.32 Å². The number of aliphatic carboxylic acids is 1. The standard InChI is InChI=1S/C16H20BrNO3/c1-16(2,15(20)21)6-7-18-14(19)13-9-12(13)10-4-3-5-11(17)8-10/h3-5,8,12-13H,6-7,9H2,1-2H3,(H,18,19)(H,20,21). The van der Waals surface area contributed by atoms with Crippen molar-refractivity contribution >= 4 is 27.8 Å². The van der Waals surface area contributed by atoms with Gasteiger partial charge in [0.15, 0.2) is 0 Å². The smallest absolute Gasteiger partial charge is 0.309 e. The van der Waals surface area contributed by atoms with Gasteiger partial charge in [0.25, 0.3) is 0 Å². The predicted octanol–water partition coefficient (Wildman–Crippen LogP) is 3.17. The third kappa shape index (κ3) is 4.06. The first-order valence-electron chi connectivity index (χ1n) is 7.08. The van der Waals surface area contributed by atoms with E-state index in [0.717, 1.165) is 10.9 Å². The molecule has 1 fully saturated rings. The number of nitrogens with one attached hydrogen (secondary N) is 1. The van der Waals surface area contributed by atoms with Gasteiger partial charge in [0.1, 0.15) is 0 Å². The lowest BCUT2D eigenvalue weighted by molar-refractivity contribution is -0.147. The summed E-state index contributed by atoms with van der Waals surface area (Å²) in [6.07, 6.45) is 1.30. The predicted molar refractivity (Wildman–Crippen MR) is 84.0 cm³/mol. The molecular formula is C16H20BrNO3. The highest BCUT2D eigenvalue weighted by Gasteiger charge is 2.43. The third-order valence-corrected chi connectivity index (χ3v) is 4.53. The van der Waals surface area contributed by atoms with Crippen LogP contribution in [-0.4, -0.2) is 23.5 Å². The highest BCUT2D eigenvalue weighted by atomic mass is 79.9. The van der Waals surface area contributed by atoms with Crippen LogP contribution in [0.2, 0.25) is 0 Å². The summed E-state index contributed by atoms with van der Waals surface area (Å²) in [6.45, 7) is 3.74. The highest BCUT2D eigenvalue weighted by molar-refractivity contribution is 9.10. The third-order valence-electron chi connectivity index (χ3n) is 4.03. The molecule has 0 spiro atoms. The van der Waals surface area contributed by atoms with E-state index in [0.29, 0.717) is 13.0 Å². The fraction of sp³-hybridized carbons (Fsp3) is 0.500. The number of hydrogen-bond donors (Lipinski definition) is 2. The molecule has 0 saturated heterocycles. The van der Waals surface area contributed by atoms with E-state index in [1.807, 2.05) is 24.3 Å². The first-order chi connectivity index (χ1) is 9.81. The molecule has 21 heavy (non-hydrogen) atoms. The van der Waals surface area contributed by atoms with Gasteiger partial charge in [0, 0.05) is 16.9 Å². The Morgan fingerprint density at radius 1 is 1.43 bits per heavy atom. The highest BCUT2D eigenvalue weighted by Crippen LogP contribution is 2.47. The van der Waals surface area contributed by atoms with Crippen LogP contribution in [0.1, 0.15) is 38.2 Å². The van der Waals surface area contributed by atoms with Crippen molar-refractivity contribution < 1.29 is 14.7 Å². The normalized spacial score (nSPS) is 20.9. The van der Waals surface area contributed by atoms with E-state index < -0.39 is 11.4 Å². The van der Waals surface area contributed by atoms with Gasteiger partial charge in [-0.1, -0.05) is 28.1 Å². The molecule has 4 nitrogen and oxygen atoms in total. The first-order valence-corrected chi connectivity index (χ1v) is 7.87. The molecule has 5 heteroatoms. The molecule has 0 heterocycles. The van der Waals surface area contributed by atoms with Crippen LogP contribution in [0.5, 0.6) is 0 Å². The van der Waals surface area contributed by atoms with Crippen molar-refractivity contribution in [1.82, 2.24) is 5.32 Å². The van der Waals surface area contributed by atoms with Crippen LogP contribution in [0, 0.1) is 11.3 Å². The van der Waals surface area contributed by atoms with Crippen molar-refractivity contribution in [3.63, 3.8) is 0 Å². The van der Waals surface area contributed by atoms with Crippen LogP contribution in [0.4, 0.5) is 0 Å². The molecule has 0 radical (unpaired) electrons. The minimum Gasteiger partial charge on any atom is -0.481 e. The van der Waals surface area contributed by atoms with Crippen molar-refractivity contribution in [2.75, 3.05) is 6.54 Å². The summed E-state index contributed by atoms with van der Waals surface area (Å²) in [6, 6.07) is 8.03. The lowest BCUT2D eigenvalue weighted by Gasteiger charge is -2.18. The Labute approximate surface area is 133 Å². The van der Waals surface area contributed by atoms with Crippen LogP contribution >= 0.6 is 15.9 Å². The van der Waals surface area contributed by atoms with Gasteiger partial charge in [0.2, 0.25) is 5.91 Å². The van der Waals surface area contributed by atoms with E-state index in [-0.39, 0.29) is 17.7 Å². The van der Waals surface area contributed by atoms with Crippen molar-refractivity contribution in [2.45, 2.75) is 32.6 Å². The van der Waals surface area contributed by atoms with E-state index in [2.05, 4.69) is 21.2 Å². The van der Waals surface area contributed by atoms with E-state index in [9.17, 15) is 9.59 Å². The van der Waals surface area contributed by atoms with E-state index in [4.69, 9.17) is 5.11 Å². The Balaban J connectivity index is 1.80. The molecule has 0 aliphatic heterocycles. The van der Waals surface area contributed by atoms with Crippen molar-refractivity contribution in [3.05, 3.63) is 34.3 Å². The van der Waals surface area contributed by atoms with Gasteiger partial charge >= 0.3 is 5.97 Å². The number of halogens is 1. The number of rotatable bonds is 6. The SMILES string of the molecule is CC(C)(CCNC(=O)C1CC1c1cccc(Br)c1)C(=O)O. The van der Waals surface area contributed by atoms with Crippen LogP contribution in [0.25, 0.3) is 0 Å². The monoisotopic (exact) mass is 353 g/mol. The number of carboxylic acids is 1. The molecule has 2 rings (SSSR count). The van der Waals surface area contributed by atoms with Crippen LogP contribution in [0.15, 0.2) is 28.7 Å². The van der Waals surface area contributed by atoms with Crippen LogP contribution in [0.3, 0.4) is 0 Å². The molecule has 0 aromatic heterocycles. The number of hydrogen-bond acceptors (Lipinski definition) is 2. The number of carbonyl (C=O) groups excluding carboxylic acids is 1. The van der Waals surface area contributed by atoms with Gasteiger partial charge in [-0.15, -0.1) is 0 Å². The van der Waals surface area contributed by atoms with Gasteiger partial charge in [-0.3, -0.25) is 9.59 Å². The maximum atomic E-state index is 12.1. The summed E-state index contributed by atoms with van der Waals surface area (Å²) in [5, 5.41) is 11.9. The molecule has 1 aliphatic rings. The minimum absolute atomic E-state index is 0.0206. The van der Waals surface area contributed by atoms with Gasteiger partial charge in [-0.05, 0) is 50.3 Å². The molecule has 2 unspecified atom stereocenters. The summed E-state index contributed by atoms with van der Waals surface area (Å²) in [4.78, 5) is 23.1. The fourth-order valence-electron chi connectivity index (χ4n) is 2.33. The van der Waals surface area contributed by atoms with E-state index in [1.165, 1.54) is 5.56 Å². The molecule has 1 aromatic rings. The molecule has 1 aliphatic carbocycles. The van der Waals surface area contributed by atoms with Gasteiger partial charge in [-0.25, -0.2) is 0 Å². The Morgan fingerprint density at radius 3 is 2.76 bits per heavy atom. The Morgan fingerprint density at radius 2 is 2.14 bits per heavy atom. The zero-order chi connectivity index (χ0) is 15.6. The fourth-order valence-corrected chi connectivity index (χ4v) is 2.74. The Kier molecular flexibility index (Phi) is 4.71. The first kappa shape index (κ1) is 16.0. The molecule has 1 aromatic carbocycles. The largest absolute Gasteiger partial charge is 0.481 e. The molecule has 1 amide bonds. The summed E-state index contributed by atoms with van der Waals surface area (Å²) in [5.74, 6) is -0.501. The number of carboxylic acid groups (broad SMARTS) is 1. The average molecular weight is 354 g/mol. The summed E-state index contributed by atoms with van der Waals surface area (Å²) in [5.41, 5.74) is 0.371. The molecule has 1 saturated carbocycles. The van der Waals surface area contributed by atoms with Crippen molar-refractivity contribution in [1.29, 1.82) is 0 Å². The second-order valence-electron chi connectivity index (χ2n) is 6.23. The summed E-state index contributed by atoms with van der Waals surface area (Å²) in [7, 11) is 0. The number of amides is 1. The van der Waals surface area contributed by atoms with Crippen molar-refractivity contribution in [3.8, 4) is 0 Å². The number of carbonyl (C=O) groups is 2. The molecular weight excluding hydrogens is 334 g/mol. The second kappa shape index (κ2) is 6.18. The Hall–Kier alpha value is -1.36. The zero-order valence-corrected chi connectivity index (χ0v) is 13.8. The lowest BCUT2D eigenvalue weighted by Crippen LogP contribution is -2.32.